The first kappa shape index (κ1) is 49.1. The highest BCUT2D eigenvalue weighted by Gasteiger charge is 2.14. The molecule has 0 saturated carbocycles. The molecular weight excluding hydrogens is 655 g/mol. The Labute approximate surface area is 329 Å². The summed E-state index contributed by atoms with van der Waals surface area (Å²) in [5.74, 6) is 0.0141. The highest BCUT2D eigenvalue weighted by molar-refractivity contribution is 5.69. The summed E-state index contributed by atoms with van der Waals surface area (Å²) in [5, 5.41) is 0. The third-order valence-electron chi connectivity index (χ3n) is 10.8. The number of aryl methyl sites for hydroxylation is 1. The second-order valence-electron chi connectivity index (χ2n) is 16.2. The van der Waals surface area contributed by atoms with Gasteiger partial charge in [0.25, 0.3) is 0 Å². The molecule has 0 atom stereocenters. The number of ether oxygens (including phenoxy) is 2. The van der Waals surface area contributed by atoms with Crippen molar-refractivity contribution in [2.24, 2.45) is 0 Å². The Hall–Kier alpha value is -1.88. The van der Waals surface area contributed by atoms with E-state index in [1.54, 1.807) is 0 Å². The highest BCUT2D eigenvalue weighted by Crippen LogP contribution is 2.19. The lowest BCUT2D eigenvalue weighted by Crippen LogP contribution is -2.25. The summed E-state index contributed by atoms with van der Waals surface area (Å²) >= 11 is 0. The largest absolute Gasteiger partial charge is 0.466 e. The topological polar surface area (TPSA) is 55.8 Å². The molecular formula is C48H87NO4. The van der Waals surface area contributed by atoms with Crippen LogP contribution in [0, 0.1) is 6.92 Å². The number of carbonyl (C=O) groups is 2. The van der Waals surface area contributed by atoms with Crippen LogP contribution in [0.5, 0.6) is 0 Å². The predicted molar refractivity (Wildman–Crippen MR) is 227 cm³/mol. The van der Waals surface area contributed by atoms with Crippen molar-refractivity contribution in [3.8, 4) is 0 Å². The van der Waals surface area contributed by atoms with Gasteiger partial charge in [0.05, 0.1) is 6.61 Å². The van der Waals surface area contributed by atoms with Gasteiger partial charge in [0.1, 0.15) is 6.10 Å². The van der Waals surface area contributed by atoms with Crippen LogP contribution in [0.3, 0.4) is 0 Å². The molecule has 0 spiro atoms. The molecule has 5 heteroatoms. The number of carbonyl (C=O) groups excluding carboxylic acids is 2. The van der Waals surface area contributed by atoms with Gasteiger partial charge in [-0.05, 0) is 83.4 Å². The fourth-order valence-corrected chi connectivity index (χ4v) is 7.27. The smallest absolute Gasteiger partial charge is 0.306 e. The maximum Gasteiger partial charge on any atom is 0.306 e. The zero-order valence-electron chi connectivity index (χ0n) is 35.7. The standard InChI is InChI=1S/C48H87NO4/c1-5-8-11-14-18-25-32-46(33-26-19-15-12-9-6-2)53-48(51)35-28-21-17-23-30-41-49(43-45-38-36-44(4)37-39-45)40-29-22-16-20-27-34-47(50)52-42-31-24-13-10-7-3/h36-39,46H,5-35,40-43H2,1-4H3. The first-order valence-electron chi connectivity index (χ1n) is 23.1. The van der Waals surface area contributed by atoms with Gasteiger partial charge in [-0.15, -0.1) is 0 Å². The second kappa shape index (κ2) is 37.1. The van der Waals surface area contributed by atoms with Crippen molar-refractivity contribution in [3.63, 3.8) is 0 Å². The quantitative estimate of drug-likeness (QED) is 0.0497. The van der Waals surface area contributed by atoms with Crippen LogP contribution >= 0.6 is 0 Å². The van der Waals surface area contributed by atoms with Gasteiger partial charge >= 0.3 is 11.9 Å². The molecule has 5 nitrogen and oxygen atoms in total. The first-order valence-corrected chi connectivity index (χ1v) is 23.1. The number of rotatable bonds is 39. The zero-order valence-corrected chi connectivity index (χ0v) is 35.7. The molecule has 0 saturated heterocycles. The summed E-state index contributed by atoms with van der Waals surface area (Å²) < 4.78 is 11.5. The molecule has 1 aromatic carbocycles. The van der Waals surface area contributed by atoms with Gasteiger partial charge < -0.3 is 9.47 Å². The minimum absolute atomic E-state index is 0.0176. The third kappa shape index (κ3) is 32.1. The van der Waals surface area contributed by atoms with Crippen LogP contribution in [0.2, 0.25) is 0 Å². The maximum atomic E-state index is 12.8. The van der Waals surface area contributed by atoms with Crippen molar-refractivity contribution in [2.75, 3.05) is 19.7 Å². The minimum Gasteiger partial charge on any atom is -0.466 e. The first-order chi connectivity index (χ1) is 26.0. The van der Waals surface area contributed by atoms with Crippen molar-refractivity contribution >= 4 is 11.9 Å². The van der Waals surface area contributed by atoms with Crippen molar-refractivity contribution in [1.29, 1.82) is 0 Å². The van der Waals surface area contributed by atoms with E-state index in [1.165, 1.54) is 152 Å². The van der Waals surface area contributed by atoms with E-state index < -0.39 is 0 Å². The number of nitrogens with zero attached hydrogens (tertiary/aromatic N) is 1. The molecule has 0 fully saturated rings. The normalized spacial score (nSPS) is 11.5. The number of esters is 2. The monoisotopic (exact) mass is 742 g/mol. The van der Waals surface area contributed by atoms with Crippen LogP contribution < -0.4 is 0 Å². The second-order valence-corrected chi connectivity index (χ2v) is 16.2. The summed E-state index contributed by atoms with van der Waals surface area (Å²) in [5.41, 5.74) is 2.70. The lowest BCUT2D eigenvalue weighted by atomic mass is 10.0. The molecule has 308 valence electrons. The Morgan fingerprint density at radius 1 is 0.509 bits per heavy atom. The highest BCUT2D eigenvalue weighted by atomic mass is 16.5. The van der Waals surface area contributed by atoms with Crippen LogP contribution in [0.15, 0.2) is 24.3 Å². The predicted octanol–water partition coefficient (Wildman–Crippen LogP) is 14.4. The van der Waals surface area contributed by atoms with E-state index in [2.05, 4.69) is 56.9 Å². The molecule has 1 aromatic rings. The van der Waals surface area contributed by atoms with Gasteiger partial charge in [0, 0.05) is 19.4 Å². The molecule has 0 aromatic heterocycles. The number of hydrogen-bond donors (Lipinski definition) is 0. The van der Waals surface area contributed by atoms with Gasteiger partial charge in [-0.2, -0.15) is 0 Å². The molecule has 0 aliphatic rings. The van der Waals surface area contributed by atoms with Gasteiger partial charge in [-0.3, -0.25) is 14.5 Å². The molecule has 0 aliphatic heterocycles. The van der Waals surface area contributed by atoms with E-state index in [9.17, 15) is 9.59 Å². The van der Waals surface area contributed by atoms with E-state index in [-0.39, 0.29) is 18.0 Å². The van der Waals surface area contributed by atoms with Crippen LogP contribution in [-0.4, -0.2) is 42.6 Å². The molecule has 0 N–H and O–H groups in total. The van der Waals surface area contributed by atoms with Crippen molar-refractivity contribution in [2.45, 2.75) is 239 Å². The van der Waals surface area contributed by atoms with Crippen LogP contribution in [0.25, 0.3) is 0 Å². The number of hydrogen-bond acceptors (Lipinski definition) is 5. The van der Waals surface area contributed by atoms with E-state index in [0.29, 0.717) is 19.4 Å². The molecule has 0 bridgehead atoms. The van der Waals surface area contributed by atoms with Crippen LogP contribution in [0.4, 0.5) is 0 Å². The van der Waals surface area contributed by atoms with Crippen molar-refractivity contribution in [3.05, 3.63) is 35.4 Å². The lowest BCUT2D eigenvalue weighted by Gasteiger charge is -2.22. The average molecular weight is 742 g/mol. The van der Waals surface area contributed by atoms with E-state index in [4.69, 9.17) is 9.47 Å². The molecule has 0 amide bonds. The third-order valence-corrected chi connectivity index (χ3v) is 10.8. The van der Waals surface area contributed by atoms with Gasteiger partial charge in [0.2, 0.25) is 0 Å². The molecule has 0 heterocycles. The molecule has 53 heavy (non-hydrogen) atoms. The number of unbranched alkanes of at least 4 members (excludes halogenated alkanes) is 22. The van der Waals surface area contributed by atoms with E-state index >= 15 is 0 Å². The van der Waals surface area contributed by atoms with Crippen LogP contribution in [-0.2, 0) is 25.6 Å². The Morgan fingerprint density at radius 2 is 0.925 bits per heavy atom. The average Bonchev–Trinajstić information content (AvgIpc) is 3.15. The van der Waals surface area contributed by atoms with Gasteiger partial charge in [0.15, 0.2) is 0 Å². The summed E-state index contributed by atoms with van der Waals surface area (Å²) in [6.45, 7) is 12.8. The SMILES string of the molecule is CCCCCCCCC(CCCCCCCC)OC(=O)CCCCCCCN(CCCCCCCC(=O)OCCCCCCC)Cc1ccc(C)cc1. The Balaban J connectivity index is 2.30. The van der Waals surface area contributed by atoms with Gasteiger partial charge in [-0.25, -0.2) is 0 Å². The zero-order chi connectivity index (χ0) is 38.5. The van der Waals surface area contributed by atoms with Crippen molar-refractivity contribution in [1.82, 2.24) is 4.90 Å². The molecule has 1 rings (SSSR count). The number of benzene rings is 1. The summed E-state index contributed by atoms with van der Waals surface area (Å²) in [7, 11) is 0. The fourth-order valence-electron chi connectivity index (χ4n) is 7.27. The summed E-state index contributed by atoms with van der Waals surface area (Å²) in [6.07, 6.45) is 36.1. The van der Waals surface area contributed by atoms with Crippen molar-refractivity contribution < 1.29 is 19.1 Å². The summed E-state index contributed by atoms with van der Waals surface area (Å²) in [6, 6.07) is 9.00. The van der Waals surface area contributed by atoms with E-state index in [1.807, 2.05) is 0 Å². The minimum atomic E-state index is -0.0176. The summed E-state index contributed by atoms with van der Waals surface area (Å²) in [4.78, 5) is 27.5. The molecule has 0 radical (unpaired) electrons. The molecule has 0 unspecified atom stereocenters. The van der Waals surface area contributed by atoms with E-state index in [0.717, 1.165) is 64.6 Å². The lowest BCUT2D eigenvalue weighted by molar-refractivity contribution is -0.150. The Kier molecular flexibility index (Phi) is 34.4. The van der Waals surface area contributed by atoms with Crippen LogP contribution in [0.1, 0.15) is 231 Å². The van der Waals surface area contributed by atoms with Gasteiger partial charge in [-0.1, -0.05) is 179 Å². The Bertz CT molecular complexity index is 931. The fraction of sp³-hybridized carbons (Fsp3) is 0.833. The molecule has 0 aliphatic carbocycles. The maximum absolute atomic E-state index is 12.8. The Morgan fingerprint density at radius 3 is 1.43 bits per heavy atom.